The number of hydrogen-bond donors (Lipinski definition) is 0. The lowest BCUT2D eigenvalue weighted by atomic mass is 9.72. The van der Waals surface area contributed by atoms with E-state index < -0.39 is 0 Å². The van der Waals surface area contributed by atoms with Gasteiger partial charge in [-0.2, -0.15) is 0 Å². The van der Waals surface area contributed by atoms with Crippen LogP contribution in [0.1, 0.15) is 25.7 Å². The van der Waals surface area contributed by atoms with Crippen LogP contribution >= 0.6 is 0 Å². The maximum atomic E-state index is 11.8. The van der Waals surface area contributed by atoms with Crippen molar-refractivity contribution >= 4 is 5.78 Å². The average molecular weight is 162 g/mol. The molecule has 0 saturated heterocycles. The summed E-state index contributed by atoms with van der Waals surface area (Å²) in [6, 6.07) is 0. The molecule has 3 aliphatic carbocycles. The molecule has 64 valence electrons. The normalized spacial score (nSPS) is 49.8. The third kappa shape index (κ3) is 0.720. The predicted molar refractivity (Wildman–Crippen MR) is 46.6 cm³/mol. The molecule has 1 heteroatoms. The van der Waals surface area contributed by atoms with Crippen molar-refractivity contribution in [3.8, 4) is 0 Å². The van der Waals surface area contributed by atoms with Gasteiger partial charge in [0.25, 0.3) is 0 Å². The molecule has 0 aromatic heterocycles. The van der Waals surface area contributed by atoms with Crippen LogP contribution in [0.3, 0.4) is 0 Å². The minimum atomic E-state index is 0.314. The van der Waals surface area contributed by atoms with Gasteiger partial charge in [-0.3, -0.25) is 4.79 Å². The van der Waals surface area contributed by atoms with Crippen LogP contribution in [0.15, 0.2) is 12.2 Å². The standard InChI is InChI=1S/C11H14O/c12-11-8-5-4-7(6-8)9-2-1-3-10(9)11/h4-5,7-10H,1-3,6H2/t7-,8+,9-,10-/m1/s1. The van der Waals surface area contributed by atoms with Gasteiger partial charge in [-0.1, -0.05) is 18.6 Å². The van der Waals surface area contributed by atoms with Gasteiger partial charge in [0.1, 0.15) is 5.78 Å². The lowest BCUT2D eigenvalue weighted by molar-refractivity contribution is -0.129. The fourth-order valence-electron chi connectivity index (χ4n) is 3.39. The van der Waals surface area contributed by atoms with Gasteiger partial charge in [0.15, 0.2) is 0 Å². The molecule has 2 fully saturated rings. The van der Waals surface area contributed by atoms with E-state index in [0.717, 1.165) is 18.3 Å². The Morgan fingerprint density at radius 3 is 3.08 bits per heavy atom. The number of carbonyl (C=O) groups is 1. The predicted octanol–water partition coefficient (Wildman–Crippen LogP) is 2.18. The minimum absolute atomic E-state index is 0.314. The highest BCUT2D eigenvalue weighted by Crippen LogP contribution is 2.49. The Balaban J connectivity index is 1.99. The number of fused-ring (bicyclic) bond motifs is 4. The molecule has 0 spiro atoms. The molecule has 0 heterocycles. The molecule has 0 aromatic rings. The summed E-state index contributed by atoms with van der Waals surface area (Å²) in [5, 5.41) is 0. The van der Waals surface area contributed by atoms with E-state index in [1.54, 1.807) is 0 Å². The zero-order valence-electron chi connectivity index (χ0n) is 7.20. The molecule has 3 rings (SSSR count). The summed E-state index contributed by atoms with van der Waals surface area (Å²) in [5.41, 5.74) is 0. The molecule has 0 aliphatic heterocycles. The van der Waals surface area contributed by atoms with E-state index in [4.69, 9.17) is 0 Å². The Labute approximate surface area is 72.8 Å². The molecule has 0 unspecified atom stereocenters. The average Bonchev–Trinajstić information content (AvgIpc) is 2.69. The smallest absolute Gasteiger partial charge is 0.143 e. The van der Waals surface area contributed by atoms with Crippen molar-refractivity contribution in [2.24, 2.45) is 23.7 Å². The van der Waals surface area contributed by atoms with Crippen molar-refractivity contribution in [2.75, 3.05) is 0 Å². The molecular formula is C11H14O. The van der Waals surface area contributed by atoms with Gasteiger partial charge in [0.2, 0.25) is 0 Å². The molecule has 0 aromatic carbocycles. The highest BCUT2D eigenvalue weighted by atomic mass is 16.1. The van der Waals surface area contributed by atoms with Gasteiger partial charge in [-0.15, -0.1) is 0 Å². The lowest BCUT2D eigenvalue weighted by Gasteiger charge is -2.30. The summed E-state index contributed by atoms with van der Waals surface area (Å²) in [6.45, 7) is 0. The highest BCUT2D eigenvalue weighted by Gasteiger charge is 2.46. The summed E-state index contributed by atoms with van der Waals surface area (Å²) < 4.78 is 0. The second kappa shape index (κ2) is 2.21. The molecule has 3 aliphatic rings. The number of Topliss-reactive ketones (excluding diaryl/α,β-unsaturated/α-hetero) is 1. The zero-order valence-corrected chi connectivity index (χ0v) is 7.20. The van der Waals surface area contributed by atoms with Crippen LogP contribution in [-0.2, 0) is 4.79 Å². The molecule has 0 N–H and O–H groups in total. The Bertz CT molecular complexity index is 254. The summed E-state index contributed by atoms with van der Waals surface area (Å²) in [7, 11) is 0. The van der Waals surface area contributed by atoms with E-state index in [1.807, 2.05) is 0 Å². The number of hydrogen-bond acceptors (Lipinski definition) is 1. The van der Waals surface area contributed by atoms with Gasteiger partial charge >= 0.3 is 0 Å². The molecule has 1 nitrogen and oxygen atoms in total. The van der Waals surface area contributed by atoms with Crippen molar-refractivity contribution in [2.45, 2.75) is 25.7 Å². The van der Waals surface area contributed by atoms with Gasteiger partial charge in [-0.25, -0.2) is 0 Å². The molecule has 2 saturated carbocycles. The van der Waals surface area contributed by atoms with Crippen LogP contribution in [0.4, 0.5) is 0 Å². The third-order valence-corrected chi connectivity index (χ3v) is 3.97. The number of rotatable bonds is 0. The van der Waals surface area contributed by atoms with Crippen molar-refractivity contribution < 1.29 is 4.79 Å². The SMILES string of the molecule is O=C1[C@H]2C=C[C@H](C2)[C@H]2CCC[C@@H]12. The molecule has 4 atom stereocenters. The van der Waals surface area contributed by atoms with Gasteiger partial charge in [-0.05, 0) is 31.1 Å². The first kappa shape index (κ1) is 6.88. The Morgan fingerprint density at radius 2 is 2.17 bits per heavy atom. The first-order valence-corrected chi connectivity index (χ1v) is 5.08. The second-order valence-electron chi connectivity index (χ2n) is 4.49. The molecule has 12 heavy (non-hydrogen) atoms. The fraction of sp³-hybridized carbons (Fsp3) is 0.727. The third-order valence-electron chi connectivity index (χ3n) is 3.97. The summed E-state index contributed by atoms with van der Waals surface area (Å²) in [6.07, 6.45) is 9.37. The molecule has 2 bridgehead atoms. The quantitative estimate of drug-likeness (QED) is 0.499. The summed E-state index contributed by atoms with van der Waals surface area (Å²) >= 11 is 0. The molecular weight excluding hydrogens is 148 g/mol. The summed E-state index contributed by atoms with van der Waals surface area (Å²) in [5.74, 6) is 2.81. The first-order chi connectivity index (χ1) is 5.86. The maximum absolute atomic E-state index is 11.8. The topological polar surface area (TPSA) is 17.1 Å². The van der Waals surface area contributed by atoms with E-state index in [0.29, 0.717) is 17.6 Å². The minimum Gasteiger partial charge on any atom is -0.299 e. The van der Waals surface area contributed by atoms with Crippen molar-refractivity contribution in [3.05, 3.63) is 12.2 Å². The first-order valence-electron chi connectivity index (χ1n) is 5.08. The van der Waals surface area contributed by atoms with Crippen LogP contribution in [0.2, 0.25) is 0 Å². The van der Waals surface area contributed by atoms with Crippen molar-refractivity contribution in [1.82, 2.24) is 0 Å². The van der Waals surface area contributed by atoms with E-state index >= 15 is 0 Å². The van der Waals surface area contributed by atoms with E-state index in [-0.39, 0.29) is 0 Å². The number of ketones is 1. The largest absolute Gasteiger partial charge is 0.299 e. The van der Waals surface area contributed by atoms with Crippen LogP contribution in [0, 0.1) is 23.7 Å². The van der Waals surface area contributed by atoms with E-state index in [1.165, 1.54) is 19.3 Å². The van der Waals surface area contributed by atoms with Crippen molar-refractivity contribution in [1.29, 1.82) is 0 Å². The molecule has 0 radical (unpaired) electrons. The Morgan fingerprint density at radius 1 is 1.25 bits per heavy atom. The van der Waals surface area contributed by atoms with Crippen LogP contribution < -0.4 is 0 Å². The highest BCUT2D eigenvalue weighted by molar-refractivity contribution is 5.87. The van der Waals surface area contributed by atoms with Gasteiger partial charge in [0.05, 0.1) is 0 Å². The number of carbonyl (C=O) groups excluding carboxylic acids is 1. The van der Waals surface area contributed by atoms with Gasteiger partial charge < -0.3 is 0 Å². The van der Waals surface area contributed by atoms with Gasteiger partial charge in [0, 0.05) is 11.8 Å². The van der Waals surface area contributed by atoms with E-state index in [9.17, 15) is 4.79 Å². The Hall–Kier alpha value is -0.590. The van der Waals surface area contributed by atoms with Crippen LogP contribution in [-0.4, -0.2) is 5.78 Å². The van der Waals surface area contributed by atoms with E-state index in [2.05, 4.69) is 12.2 Å². The number of allylic oxidation sites excluding steroid dienone is 2. The summed E-state index contributed by atoms with van der Waals surface area (Å²) in [4.78, 5) is 11.8. The van der Waals surface area contributed by atoms with Crippen LogP contribution in [0.5, 0.6) is 0 Å². The fourth-order valence-corrected chi connectivity index (χ4v) is 3.39. The second-order valence-corrected chi connectivity index (χ2v) is 4.49. The Kier molecular flexibility index (Phi) is 1.27. The van der Waals surface area contributed by atoms with Crippen LogP contribution in [0.25, 0.3) is 0 Å². The maximum Gasteiger partial charge on any atom is 0.143 e. The van der Waals surface area contributed by atoms with Crippen molar-refractivity contribution in [3.63, 3.8) is 0 Å². The molecule has 0 amide bonds. The zero-order chi connectivity index (χ0) is 8.13. The lowest BCUT2D eigenvalue weighted by Crippen LogP contribution is -2.33. The monoisotopic (exact) mass is 162 g/mol.